The number of carbonyl (C=O) groups excluding carboxylic acids is 1. The summed E-state index contributed by atoms with van der Waals surface area (Å²) in [6, 6.07) is 11.1. The molecule has 0 atom stereocenters. The summed E-state index contributed by atoms with van der Waals surface area (Å²) in [6.07, 6.45) is 4.65. The highest BCUT2D eigenvalue weighted by molar-refractivity contribution is 6.35. The summed E-state index contributed by atoms with van der Waals surface area (Å²) in [7, 11) is 0. The van der Waals surface area contributed by atoms with Gasteiger partial charge in [0.15, 0.2) is 0 Å². The Kier molecular flexibility index (Phi) is 6.05. The van der Waals surface area contributed by atoms with Crippen LogP contribution in [0.1, 0.15) is 54.8 Å². The Bertz CT molecular complexity index is 1060. The zero-order chi connectivity index (χ0) is 20.5. The molecule has 0 saturated heterocycles. The van der Waals surface area contributed by atoms with E-state index in [9.17, 15) is 4.79 Å². The number of halogens is 3. The lowest BCUT2D eigenvalue weighted by Gasteiger charge is -2.24. The lowest BCUT2D eigenvalue weighted by atomic mass is 10.2. The van der Waals surface area contributed by atoms with Crippen LogP contribution in [0, 0.1) is 0 Å². The van der Waals surface area contributed by atoms with Gasteiger partial charge in [0.25, 0.3) is 5.91 Å². The quantitative estimate of drug-likeness (QED) is 0.430. The lowest BCUT2D eigenvalue weighted by molar-refractivity contribution is 0.0746. The summed E-state index contributed by atoms with van der Waals surface area (Å²) >= 11 is 18.6. The van der Waals surface area contributed by atoms with Crippen LogP contribution in [0.4, 0.5) is 0 Å². The molecule has 29 heavy (non-hydrogen) atoms. The molecule has 1 saturated carbocycles. The third-order valence-electron chi connectivity index (χ3n) is 5.57. The first kappa shape index (κ1) is 20.5. The summed E-state index contributed by atoms with van der Waals surface area (Å²) in [5, 5.41) is 1.58. The molecule has 7 heteroatoms. The predicted octanol–water partition coefficient (Wildman–Crippen LogP) is 6.77. The Balaban J connectivity index is 1.72. The van der Waals surface area contributed by atoms with Gasteiger partial charge in [-0.05, 0) is 56.2 Å². The van der Waals surface area contributed by atoms with E-state index >= 15 is 0 Å². The normalized spacial score (nSPS) is 14.6. The zero-order valence-corrected chi connectivity index (χ0v) is 18.4. The van der Waals surface area contributed by atoms with E-state index in [2.05, 4.69) is 4.57 Å². The van der Waals surface area contributed by atoms with Crippen molar-refractivity contribution < 1.29 is 4.79 Å². The number of aromatic nitrogens is 2. The number of hydrogen-bond donors (Lipinski definition) is 0. The van der Waals surface area contributed by atoms with E-state index in [1.807, 2.05) is 25.1 Å². The Morgan fingerprint density at radius 1 is 1.10 bits per heavy atom. The highest BCUT2D eigenvalue weighted by Gasteiger charge is 2.26. The molecular formula is C22H22Cl3N3O. The smallest absolute Gasteiger partial charge is 0.255 e. The average molecular weight is 451 g/mol. The minimum absolute atomic E-state index is 0.150. The fourth-order valence-electron chi connectivity index (χ4n) is 4.13. The largest absolute Gasteiger partial charge is 0.331 e. The first-order chi connectivity index (χ1) is 14.0. The van der Waals surface area contributed by atoms with Crippen molar-refractivity contribution in [2.45, 2.75) is 45.2 Å². The fraction of sp³-hybridized carbons (Fsp3) is 0.364. The molecule has 4 nitrogen and oxygen atoms in total. The second kappa shape index (κ2) is 8.55. The first-order valence-electron chi connectivity index (χ1n) is 9.88. The molecular weight excluding hydrogens is 429 g/mol. The molecule has 2 aromatic carbocycles. The van der Waals surface area contributed by atoms with Gasteiger partial charge in [-0.1, -0.05) is 47.6 Å². The molecule has 1 aliphatic carbocycles. The fourth-order valence-corrected chi connectivity index (χ4v) is 4.66. The molecule has 0 N–H and O–H groups in total. The maximum Gasteiger partial charge on any atom is 0.255 e. The van der Waals surface area contributed by atoms with Gasteiger partial charge >= 0.3 is 0 Å². The number of hydrogen-bond acceptors (Lipinski definition) is 2. The number of rotatable bonds is 5. The molecule has 0 unspecified atom stereocenters. The molecule has 0 radical (unpaired) electrons. The maximum absolute atomic E-state index is 13.2. The molecule has 152 valence electrons. The van der Waals surface area contributed by atoms with Gasteiger partial charge in [-0.15, -0.1) is 0 Å². The van der Waals surface area contributed by atoms with Crippen molar-refractivity contribution in [1.29, 1.82) is 0 Å². The minimum atomic E-state index is -0.150. The first-order valence-corrected chi connectivity index (χ1v) is 11.0. The van der Waals surface area contributed by atoms with Crippen LogP contribution in [0.2, 0.25) is 15.1 Å². The van der Waals surface area contributed by atoms with Crippen LogP contribution in [0.3, 0.4) is 0 Å². The summed E-state index contributed by atoms with van der Waals surface area (Å²) in [4.78, 5) is 19.8. The number of amides is 1. The zero-order valence-electron chi connectivity index (χ0n) is 16.2. The number of benzene rings is 2. The van der Waals surface area contributed by atoms with Crippen molar-refractivity contribution in [2.75, 3.05) is 6.54 Å². The van der Waals surface area contributed by atoms with E-state index in [0.29, 0.717) is 39.8 Å². The molecule has 3 aromatic rings. The van der Waals surface area contributed by atoms with Crippen molar-refractivity contribution in [1.82, 2.24) is 14.5 Å². The van der Waals surface area contributed by atoms with E-state index in [-0.39, 0.29) is 5.91 Å². The van der Waals surface area contributed by atoms with Crippen LogP contribution >= 0.6 is 34.8 Å². The van der Waals surface area contributed by atoms with E-state index in [1.165, 1.54) is 12.8 Å². The van der Waals surface area contributed by atoms with Crippen molar-refractivity contribution in [2.24, 2.45) is 0 Å². The molecule has 1 aromatic heterocycles. The van der Waals surface area contributed by atoms with Gasteiger partial charge < -0.3 is 9.47 Å². The Labute approximate surface area is 185 Å². The molecule has 0 aliphatic heterocycles. The lowest BCUT2D eigenvalue weighted by Crippen LogP contribution is -2.32. The molecule has 0 spiro atoms. The van der Waals surface area contributed by atoms with E-state index in [4.69, 9.17) is 39.8 Å². The predicted molar refractivity (Wildman–Crippen MR) is 119 cm³/mol. The van der Waals surface area contributed by atoms with Crippen LogP contribution in [0.5, 0.6) is 0 Å². The SMILES string of the molecule is CCN(Cc1nc2ccc(Cl)cc2n1C1CCCC1)C(=O)c1cc(Cl)ccc1Cl. The topological polar surface area (TPSA) is 38.1 Å². The van der Waals surface area contributed by atoms with Crippen molar-refractivity contribution >= 4 is 51.7 Å². The van der Waals surface area contributed by atoms with Gasteiger partial charge in [0.2, 0.25) is 0 Å². The second-order valence-electron chi connectivity index (χ2n) is 7.41. The Morgan fingerprint density at radius 2 is 1.79 bits per heavy atom. The minimum Gasteiger partial charge on any atom is -0.331 e. The van der Waals surface area contributed by atoms with Crippen molar-refractivity contribution in [3.8, 4) is 0 Å². The highest BCUT2D eigenvalue weighted by atomic mass is 35.5. The molecule has 1 fully saturated rings. The second-order valence-corrected chi connectivity index (χ2v) is 8.69. The average Bonchev–Trinajstić information content (AvgIpc) is 3.34. The number of carbonyl (C=O) groups is 1. The summed E-state index contributed by atoms with van der Waals surface area (Å²) in [5.41, 5.74) is 2.34. The van der Waals surface area contributed by atoms with E-state index < -0.39 is 0 Å². The Hall–Kier alpha value is -1.75. The Morgan fingerprint density at radius 3 is 2.52 bits per heavy atom. The van der Waals surface area contributed by atoms with E-state index in [0.717, 1.165) is 29.7 Å². The van der Waals surface area contributed by atoms with Gasteiger partial charge in [0, 0.05) is 22.6 Å². The van der Waals surface area contributed by atoms with Gasteiger partial charge in [-0.25, -0.2) is 4.98 Å². The van der Waals surface area contributed by atoms with Crippen molar-refractivity contribution in [3.05, 3.63) is 62.9 Å². The molecule has 1 aliphatic rings. The highest BCUT2D eigenvalue weighted by Crippen LogP contribution is 2.35. The maximum atomic E-state index is 13.2. The number of imidazole rings is 1. The van der Waals surface area contributed by atoms with Gasteiger partial charge in [0.05, 0.1) is 28.2 Å². The van der Waals surface area contributed by atoms with Crippen LogP contribution in [-0.2, 0) is 6.54 Å². The van der Waals surface area contributed by atoms with Gasteiger partial charge in [-0.2, -0.15) is 0 Å². The van der Waals surface area contributed by atoms with Crippen molar-refractivity contribution in [3.63, 3.8) is 0 Å². The summed E-state index contributed by atoms with van der Waals surface area (Å²) in [5.74, 6) is 0.727. The summed E-state index contributed by atoms with van der Waals surface area (Å²) < 4.78 is 2.28. The summed E-state index contributed by atoms with van der Waals surface area (Å²) in [6.45, 7) is 2.90. The van der Waals surface area contributed by atoms with Crippen LogP contribution in [0.25, 0.3) is 11.0 Å². The molecule has 4 rings (SSSR count). The van der Waals surface area contributed by atoms with Crippen LogP contribution in [0.15, 0.2) is 36.4 Å². The number of fused-ring (bicyclic) bond motifs is 1. The molecule has 0 bridgehead atoms. The standard InChI is InChI=1S/C22H22Cl3N3O/c1-2-27(22(29)17-11-14(23)7-9-18(17)25)13-21-26-19-10-8-15(24)12-20(19)28(21)16-5-3-4-6-16/h7-12,16H,2-6,13H2,1H3. The van der Waals surface area contributed by atoms with Gasteiger partial charge in [-0.3, -0.25) is 4.79 Å². The van der Waals surface area contributed by atoms with Crippen LogP contribution in [-0.4, -0.2) is 26.9 Å². The molecule has 1 amide bonds. The number of nitrogens with zero attached hydrogens (tertiary/aromatic N) is 3. The molecule has 1 heterocycles. The van der Waals surface area contributed by atoms with Gasteiger partial charge in [0.1, 0.15) is 5.82 Å². The third-order valence-corrected chi connectivity index (χ3v) is 6.37. The monoisotopic (exact) mass is 449 g/mol. The van der Waals surface area contributed by atoms with E-state index in [1.54, 1.807) is 23.1 Å². The third kappa shape index (κ3) is 4.11. The van der Waals surface area contributed by atoms with Crippen LogP contribution < -0.4 is 0 Å².